The van der Waals surface area contributed by atoms with Crippen molar-refractivity contribution >= 4 is 0 Å². The van der Waals surface area contributed by atoms with Crippen molar-refractivity contribution in [1.82, 2.24) is 0 Å². The predicted molar refractivity (Wildman–Crippen MR) is 145 cm³/mol. The Morgan fingerprint density at radius 1 is 0.484 bits per heavy atom. The zero-order valence-corrected chi connectivity index (χ0v) is 22.0. The fraction of sp³-hybridized carbons (Fsp3) is 0.871. The van der Waals surface area contributed by atoms with Crippen molar-refractivity contribution in [3.63, 3.8) is 0 Å². The Hall–Kier alpha value is -0.520. The molecule has 0 aliphatic carbocycles. The molecule has 0 nitrogen and oxygen atoms in total. The molecule has 0 saturated heterocycles. The Morgan fingerprint density at radius 2 is 0.903 bits per heavy atom. The number of hydrogen-bond donors (Lipinski definition) is 0. The van der Waals surface area contributed by atoms with Gasteiger partial charge in [-0.15, -0.1) is 6.58 Å². The predicted octanol–water partition coefficient (Wildman–Crippen LogP) is 11.7. The lowest BCUT2D eigenvalue weighted by molar-refractivity contribution is 0.406. The van der Waals surface area contributed by atoms with E-state index in [9.17, 15) is 0 Å². The highest BCUT2D eigenvalue weighted by atomic mass is 14.1. The van der Waals surface area contributed by atoms with Crippen LogP contribution in [0.2, 0.25) is 0 Å². The summed E-state index contributed by atoms with van der Waals surface area (Å²) >= 11 is 0. The van der Waals surface area contributed by atoms with Gasteiger partial charge in [0.2, 0.25) is 0 Å². The molecule has 184 valence electrons. The highest BCUT2D eigenvalue weighted by Crippen LogP contribution is 2.23. The van der Waals surface area contributed by atoms with Crippen molar-refractivity contribution in [3.05, 3.63) is 24.8 Å². The van der Waals surface area contributed by atoms with Crippen molar-refractivity contribution in [1.29, 1.82) is 0 Å². The van der Waals surface area contributed by atoms with Gasteiger partial charge in [0, 0.05) is 0 Å². The second-order valence-corrected chi connectivity index (χ2v) is 10.0. The van der Waals surface area contributed by atoms with Crippen molar-refractivity contribution in [2.75, 3.05) is 0 Å². The van der Waals surface area contributed by atoms with Crippen molar-refractivity contribution in [2.24, 2.45) is 5.92 Å². The molecular formula is C31H60. The van der Waals surface area contributed by atoms with Crippen LogP contribution in [0.3, 0.4) is 0 Å². The van der Waals surface area contributed by atoms with Gasteiger partial charge in [0.05, 0.1) is 0 Å². The first-order valence-corrected chi connectivity index (χ1v) is 14.6. The zero-order chi connectivity index (χ0) is 22.7. The van der Waals surface area contributed by atoms with Crippen LogP contribution in [-0.4, -0.2) is 0 Å². The molecule has 0 heteroatoms. The number of hydrogen-bond acceptors (Lipinski definition) is 0. The van der Waals surface area contributed by atoms with Gasteiger partial charge in [0.15, 0.2) is 0 Å². The fourth-order valence-electron chi connectivity index (χ4n) is 4.65. The van der Waals surface area contributed by atoms with Crippen LogP contribution in [-0.2, 0) is 0 Å². The summed E-state index contributed by atoms with van der Waals surface area (Å²) in [6, 6.07) is 0. The summed E-state index contributed by atoms with van der Waals surface area (Å²) in [7, 11) is 0. The molecule has 0 aromatic carbocycles. The van der Waals surface area contributed by atoms with E-state index in [1.54, 1.807) is 0 Å². The van der Waals surface area contributed by atoms with Crippen LogP contribution >= 0.6 is 0 Å². The molecule has 0 amide bonds. The molecule has 0 heterocycles. The molecule has 0 fully saturated rings. The zero-order valence-electron chi connectivity index (χ0n) is 22.0. The molecule has 0 rings (SSSR count). The molecule has 0 radical (unpaired) electrons. The van der Waals surface area contributed by atoms with Crippen LogP contribution in [0.15, 0.2) is 24.8 Å². The molecular weight excluding hydrogens is 372 g/mol. The van der Waals surface area contributed by atoms with Gasteiger partial charge >= 0.3 is 0 Å². The Kier molecular flexibility index (Phi) is 27.1. The summed E-state index contributed by atoms with van der Waals surface area (Å²) in [5, 5.41) is 0. The van der Waals surface area contributed by atoms with Gasteiger partial charge in [-0.25, -0.2) is 0 Å². The minimum atomic E-state index is 0.935. The third kappa shape index (κ3) is 25.6. The average molecular weight is 433 g/mol. The minimum Gasteiger partial charge on any atom is -0.103 e. The van der Waals surface area contributed by atoms with Crippen LogP contribution in [0.5, 0.6) is 0 Å². The van der Waals surface area contributed by atoms with E-state index >= 15 is 0 Å². The molecule has 0 aliphatic rings. The van der Waals surface area contributed by atoms with E-state index in [0.29, 0.717) is 0 Å². The number of unbranched alkanes of at least 4 members (excludes halogenated alkanes) is 18. The van der Waals surface area contributed by atoms with E-state index in [1.165, 1.54) is 154 Å². The van der Waals surface area contributed by atoms with E-state index in [0.717, 1.165) is 5.92 Å². The second-order valence-electron chi connectivity index (χ2n) is 10.0. The minimum absolute atomic E-state index is 0.935. The van der Waals surface area contributed by atoms with Crippen LogP contribution in [0.25, 0.3) is 0 Å². The molecule has 31 heavy (non-hydrogen) atoms. The standard InChI is InChI=1S/C31H60/c1-4-7-10-13-16-18-20-23-26-29-31(28-25-22-15-12-9-6-3)30-27-24-21-19-17-14-11-8-5-2/h6,23,26,31H,3-5,7-22,24-25,27-30H2,1-2H3. The lowest BCUT2D eigenvalue weighted by Gasteiger charge is -2.15. The molecule has 0 spiro atoms. The topological polar surface area (TPSA) is 0 Å². The Bertz CT molecular complexity index is 353. The van der Waals surface area contributed by atoms with Crippen LogP contribution in [0.4, 0.5) is 0 Å². The lowest BCUT2D eigenvalue weighted by atomic mass is 9.91. The molecule has 0 bridgehead atoms. The van der Waals surface area contributed by atoms with E-state index < -0.39 is 0 Å². The van der Waals surface area contributed by atoms with Crippen molar-refractivity contribution in [2.45, 2.75) is 168 Å². The van der Waals surface area contributed by atoms with E-state index in [2.05, 4.69) is 38.7 Å². The molecule has 1 unspecified atom stereocenters. The van der Waals surface area contributed by atoms with Gasteiger partial charge < -0.3 is 0 Å². The first kappa shape index (κ1) is 30.5. The second kappa shape index (κ2) is 27.5. The third-order valence-electron chi connectivity index (χ3n) is 6.85. The van der Waals surface area contributed by atoms with Gasteiger partial charge in [-0.2, -0.15) is 0 Å². The smallest absolute Gasteiger partial charge is 0.0322 e. The van der Waals surface area contributed by atoms with Crippen molar-refractivity contribution < 1.29 is 0 Å². The first-order valence-electron chi connectivity index (χ1n) is 14.6. The number of rotatable bonds is 26. The summed E-state index contributed by atoms with van der Waals surface area (Å²) in [5.41, 5.74) is 0. The van der Waals surface area contributed by atoms with E-state index in [-0.39, 0.29) is 0 Å². The summed E-state index contributed by atoms with van der Waals surface area (Å²) in [4.78, 5) is 0. The van der Waals surface area contributed by atoms with Gasteiger partial charge in [0.1, 0.15) is 0 Å². The van der Waals surface area contributed by atoms with Gasteiger partial charge in [-0.3, -0.25) is 0 Å². The molecule has 0 N–H and O–H groups in total. The quantitative estimate of drug-likeness (QED) is 0.0941. The molecule has 1 atom stereocenters. The highest BCUT2D eigenvalue weighted by molar-refractivity contribution is 4.84. The lowest BCUT2D eigenvalue weighted by Crippen LogP contribution is -2.00. The van der Waals surface area contributed by atoms with Gasteiger partial charge in [0.25, 0.3) is 0 Å². The van der Waals surface area contributed by atoms with Gasteiger partial charge in [-0.05, 0) is 38.0 Å². The average Bonchev–Trinajstić information content (AvgIpc) is 2.78. The summed E-state index contributed by atoms with van der Waals surface area (Å²) in [6.45, 7) is 8.45. The van der Waals surface area contributed by atoms with E-state index in [1.807, 2.05) is 0 Å². The molecule has 0 aromatic rings. The van der Waals surface area contributed by atoms with Gasteiger partial charge in [-0.1, -0.05) is 154 Å². The summed E-state index contributed by atoms with van der Waals surface area (Å²) in [5.74, 6) is 0.935. The third-order valence-corrected chi connectivity index (χ3v) is 6.85. The normalized spacial score (nSPS) is 12.6. The largest absolute Gasteiger partial charge is 0.103 e. The maximum absolute atomic E-state index is 3.85. The molecule has 0 aromatic heterocycles. The summed E-state index contributed by atoms with van der Waals surface area (Å²) in [6.07, 6.45) is 40.9. The molecule has 0 saturated carbocycles. The van der Waals surface area contributed by atoms with Crippen LogP contribution in [0.1, 0.15) is 168 Å². The fourth-order valence-corrected chi connectivity index (χ4v) is 4.65. The first-order chi connectivity index (χ1) is 15.3. The highest BCUT2D eigenvalue weighted by Gasteiger charge is 2.07. The van der Waals surface area contributed by atoms with Crippen molar-refractivity contribution in [3.8, 4) is 0 Å². The number of allylic oxidation sites excluding steroid dienone is 3. The monoisotopic (exact) mass is 432 g/mol. The molecule has 0 aliphatic heterocycles. The Morgan fingerprint density at radius 3 is 1.39 bits per heavy atom. The Balaban J connectivity index is 3.90. The maximum atomic E-state index is 3.85. The summed E-state index contributed by atoms with van der Waals surface area (Å²) < 4.78 is 0. The Labute approximate surface area is 198 Å². The van der Waals surface area contributed by atoms with E-state index in [4.69, 9.17) is 0 Å². The SMILES string of the molecule is C=CCCCCCCC(CC=CCCCCCCCC)CCCCCCCCCCC. The maximum Gasteiger partial charge on any atom is -0.0322 e. The van der Waals surface area contributed by atoms with Crippen LogP contribution < -0.4 is 0 Å². The van der Waals surface area contributed by atoms with Crippen LogP contribution in [0, 0.1) is 5.92 Å².